The van der Waals surface area contributed by atoms with Crippen LogP contribution in [0.25, 0.3) is 11.4 Å². The van der Waals surface area contributed by atoms with E-state index in [0.717, 1.165) is 11.3 Å². The number of halogens is 3. The Balaban J connectivity index is 0.00000161. The summed E-state index contributed by atoms with van der Waals surface area (Å²) in [5, 5.41) is 6.50. The summed E-state index contributed by atoms with van der Waals surface area (Å²) in [7, 11) is 1.58. The second kappa shape index (κ2) is 5.95. The van der Waals surface area contributed by atoms with Crippen molar-refractivity contribution in [1.29, 1.82) is 0 Å². The van der Waals surface area contributed by atoms with Gasteiger partial charge in [0.2, 0.25) is 11.7 Å². The Kier molecular flexibility index (Phi) is 4.43. The highest BCUT2D eigenvalue weighted by atomic mass is 35.5. The lowest BCUT2D eigenvalue weighted by molar-refractivity contribution is 0.0200. The summed E-state index contributed by atoms with van der Waals surface area (Å²) in [5.74, 6) is -1.44. The highest BCUT2D eigenvalue weighted by Crippen LogP contribution is 2.33. The zero-order valence-corrected chi connectivity index (χ0v) is 12.0. The van der Waals surface area contributed by atoms with Gasteiger partial charge in [0.05, 0.1) is 19.7 Å². The Morgan fingerprint density at radius 3 is 2.62 bits per heavy atom. The van der Waals surface area contributed by atoms with Crippen LogP contribution in [0.5, 0.6) is 5.75 Å². The maximum absolute atomic E-state index is 13.1. The second-order valence-electron chi connectivity index (χ2n) is 4.68. The monoisotopic (exact) mass is 317 g/mol. The molecule has 3 rings (SSSR count). The molecular weight excluding hydrogens is 304 g/mol. The molecule has 1 aromatic heterocycles. The van der Waals surface area contributed by atoms with E-state index in [1.807, 2.05) is 0 Å². The van der Waals surface area contributed by atoms with Crippen molar-refractivity contribution in [2.75, 3.05) is 13.7 Å². The van der Waals surface area contributed by atoms with Crippen LogP contribution in [0.2, 0.25) is 0 Å². The first-order valence-corrected chi connectivity index (χ1v) is 6.17. The SMILES string of the molecule is COc1ccc(-c2noc(C3CC(F)(F)CN3)n2)cc1.Cl. The second-order valence-corrected chi connectivity index (χ2v) is 4.68. The summed E-state index contributed by atoms with van der Waals surface area (Å²) < 4.78 is 36.4. The first-order valence-electron chi connectivity index (χ1n) is 6.17. The molecule has 1 saturated heterocycles. The van der Waals surface area contributed by atoms with Crippen LogP contribution in [0, 0.1) is 0 Å². The van der Waals surface area contributed by atoms with Gasteiger partial charge in [-0.2, -0.15) is 4.98 Å². The molecular formula is C13H14ClF2N3O2. The number of benzene rings is 1. The summed E-state index contributed by atoms with van der Waals surface area (Å²) in [6.45, 7) is -0.363. The Morgan fingerprint density at radius 1 is 1.33 bits per heavy atom. The Hall–Kier alpha value is -1.73. The quantitative estimate of drug-likeness (QED) is 0.943. The minimum absolute atomic E-state index is 0. The molecule has 0 spiro atoms. The van der Waals surface area contributed by atoms with E-state index in [2.05, 4.69) is 15.5 Å². The van der Waals surface area contributed by atoms with Crippen LogP contribution in [0.15, 0.2) is 28.8 Å². The molecule has 2 aromatic rings. The third-order valence-electron chi connectivity index (χ3n) is 3.20. The standard InChI is InChI=1S/C13H13F2N3O2.ClH/c1-19-9-4-2-8(3-5-9)11-17-12(20-18-11)10-6-13(14,15)7-16-10;/h2-5,10,16H,6-7H2,1H3;1H. The molecule has 8 heteroatoms. The van der Waals surface area contributed by atoms with Crippen molar-refractivity contribution in [3.63, 3.8) is 0 Å². The molecule has 0 radical (unpaired) electrons. The van der Waals surface area contributed by atoms with Crippen molar-refractivity contribution < 1.29 is 18.0 Å². The molecule has 5 nitrogen and oxygen atoms in total. The van der Waals surface area contributed by atoms with Gasteiger partial charge in [0, 0.05) is 12.0 Å². The molecule has 21 heavy (non-hydrogen) atoms. The van der Waals surface area contributed by atoms with Crippen LogP contribution < -0.4 is 10.1 Å². The Morgan fingerprint density at radius 2 is 2.05 bits per heavy atom. The number of hydrogen-bond donors (Lipinski definition) is 1. The average molecular weight is 318 g/mol. The van der Waals surface area contributed by atoms with Crippen LogP contribution in [-0.4, -0.2) is 29.7 Å². The van der Waals surface area contributed by atoms with E-state index in [4.69, 9.17) is 9.26 Å². The zero-order chi connectivity index (χ0) is 14.2. The van der Waals surface area contributed by atoms with Gasteiger partial charge in [0.15, 0.2) is 0 Å². The predicted molar refractivity (Wildman–Crippen MR) is 73.8 cm³/mol. The number of methoxy groups -OCH3 is 1. The fraction of sp³-hybridized carbons (Fsp3) is 0.385. The molecule has 1 aliphatic rings. The zero-order valence-electron chi connectivity index (χ0n) is 11.2. The fourth-order valence-electron chi connectivity index (χ4n) is 2.12. The van der Waals surface area contributed by atoms with E-state index in [1.54, 1.807) is 31.4 Å². The first-order chi connectivity index (χ1) is 9.57. The van der Waals surface area contributed by atoms with Crippen LogP contribution in [0.4, 0.5) is 8.78 Å². The largest absolute Gasteiger partial charge is 0.497 e. The molecule has 0 saturated carbocycles. The van der Waals surface area contributed by atoms with Crippen molar-refractivity contribution in [2.45, 2.75) is 18.4 Å². The summed E-state index contributed by atoms with van der Waals surface area (Å²) in [6.07, 6.45) is -0.322. The lowest BCUT2D eigenvalue weighted by Crippen LogP contribution is -2.19. The number of aromatic nitrogens is 2. The topological polar surface area (TPSA) is 60.2 Å². The van der Waals surface area contributed by atoms with E-state index in [1.165, 1.54) is 0 Å². The van der Waals surface area contributed by atoms with Crippen LogP contribution >= 0.6 is 12.4 Å². The summed E-state index contributed by atoms with van der Waals surface area (Å²) in [4.78, 5) is 4.17. The average Bonchev–Trinajstić information content (AvgIpc) is 3.05. The minimum Gasteiger partial charge on any atom is -0.497 e. The number of ether oxygens (including phenoxy) is 1. The maximum atomic E-state index is 13.1. The van der Waals surface area contributed by atoms with Crippen molar-refractivity contribution >= 4 is 12.4 Å². The van der Waals surface area contributed by atoms with Crippen molar-refractivity contribution in [1.82, 2.24) is 15.5 Å². The van der Waals surface area contributed by atoms with Crippen molar-refractivity contribution in [3.05, 3.63) is 30.2 Å². The number of hydrogen-bond acceptors (Lipinski definition) is 5. The maximum Gasteiger partial charge on any atom is 0.262 e. The molecule has 0 bridgehead atoms. The Labute approximate surface area is 126 Å². The van der Waals surface area contributed by atoms with Gasteiger partial charge in [-0.15, -0.1) is 12.4 Å². The molecule has 1 unspecified atom stereocenters. The van der Waals surface area contributed by atoms with Gasteiger partial charge in [0.1, 0.15) is 5.75 Å². The molecule has 1 aliphatic heterocycles. The number of nitrogens with zero attached hydrogens (tertiary/aromatic N) is 2. The van der Waals surface area contributed by atoms with Gasteiger partial charge in [-0.1, -0.05) is 5.16 Å². The highest BCUT2D eigenvalue weighted by molar-refractivity contribution is 5.85. The summed E-state index contributed by atoms with van der Waals surface area (Å²) >= 11 is 0. The van der Waals surface area contributed by atoms with E-state index in [9.17, 15) is 8.78 Å². The van der Waals surface area contributed by atoms with Crippen molar-refractivity contribution in [2.24, 2.45) is 0 Å². The number of nitrogens with one attached hydrogen (secondary N) is 1. The lowest BCUT2D eigenvalue weighted by Gasteiger charge is -2.04. The molecule has 1 fully saturated rings. The van der Waals surface area contributed by atoms with Gasteiger partial charge >= 0.3 is 0 Å². The molecule has 1 atom stereocenters. The highest BCUT2D eigenvalue weighted by Gasteiger charge is 2.42. The van der Waals surface area contributed by atoms with Gasteiger partial charge in [-0.05, 0) is 24.3 Å². The van der Waals surface area contributed by atoms with Crippen LogP contribution in [-0.2, 0) is 0 Å². The van der Waals surface area contributed by atoms with Gasteiger partial charge < -0.3 is 9.26 Å². The predicted octanol–water partition coefficient (Wildman–Crippen LogP) is 2.84. The summed E-state index contributed by atoms with van der Waals surface area (Å²) in [5.41, 5.74) is 0.741. The van der Waals surface area contributed by atoms with Gasteiger partial charge in [-0.25, -0.2) is 8.78 Å². The Bertz CT molecular complexity index is 604. The van der Waals surface area contributed by atoms with E-state index >= 15 is 0 Å². The normalized spacial score (nSPS) is 20.0. The molecule has 1 N–H and O–H groups in total. The van der Waals surface area contributed by atoms with E-state index in [0.29, 0.717) is 5.82 Å². The van der Waals surface area contributed by atoms with Crippen LogP contribution in [0.1, 0.15) is 18.4 Å². The molecule has 1 aromatic carbocycles. The molecule has 2 heterocycles. The summed E-state index contributed by atoms with van der Waals surface area (Å²) in [6, 6.07) is 6.51. The number of rotatable bonds is 3. The molecule has 114 valence electrons. The van der Waals surface area contributed by atoms with E-state index < -0.39 is 12.0 Å². The lowest BCUT2D eigenvalue weighted by atomic mass is 10.2. The third kappa shape index (κ3) is 3.30. The van der Waals surface area contributed by atoms with Crippen molar-refractivity contribution in [3.8, 4) is 17.1 Å². The minimum atomic E-state index is -2.72. The van der Waals surface area contributed by atoms with Gasteiger partial charge in [-0.3, -0.25) is 5.32 Å². The first kappa shape index (κ1) is 15.7. The number of alkyl halides is 2. The molecule has 0 amide bonds. The smallest absolute Gasteiger partial charge is 0.262 e. The van der Waals surface area contributed by atoms with Crippen LogP contribution in [0.3, 0.4) is 0 Å². The fourth-order valence-corrected chi connectivity index (χ4v) is 2.12. The van der Waals surface area contributed by atoms with Gasteiger partial charge in [0.25, 0.3) is 5.92 Å². The van der Waals surface area contributed by atoms with E-state index in [-0.39, 0.29) is 31.3 Å². The third-order valence-corrected chi connectivity index (χ3v) is 3.20. The molecule has 0 aliphatic carbocycles.